The summed E-state index contributed by atoms with van der Waals surface area (Å²) in [6, 6.07) is 4.15. The van der Waals surface area contributed by atoms with Crippen molar-refractivity contribution < 1.29 is 0 Å². The Kier molecular flexibility index (Phi) is 6.49. The average Bonchev–Trinajstić information content (AvgIpc) is 2.31. The van der Waals surface area contributed by atoms with E-state index in [1.54, 1.807) is 0 Å². The first-order valence-corrected chi connectivity index (χ1v) is 6.88. The molecule has 0 aliphatic carbocycles. The number of nitrogens with zero attached hydrogens (tertiary/aromatic N) is 1. The van der Waals surface area contributed by atoms with Crippen molar-refractivity contribution in [3.63, 3.8) is 0 Å². The van der Waals surface area contributed by atoms with Crippen LogP contribution in [-0.2, 0) is 0 Å². The zero-order valence-electron chi connectivity index (χ0n) is 9.78. The van der Waals surface area contributed by atoms with E-state index in [0.29, 0.717) is 0 Å². The molecule has 0 saturated heterocycles. The zero-order chi connectivity index (χ0) is 10.9. The summed E-state index contributed by atoms with van der Waals surface area (Å²) in [7, 11) is 0. The number of hydrogen-bond donors (Lipinski definition) is 0. The van der Waals surface area contributed by atoms with Gasteiger partial charge in [-0.3, -0.25) is 4.98 Å². The molecular weight excluding hydrogens is 202 g/mol. The van der Waals surface area contributed by atoms with Crippen LogP contribution in [0, 0.1) is 5.92 Å². The van der Waals surface area contributed by atoms with Gasteiger partial charge >= 0.3 is 0 Å². The molecule has 0 bridgehead atoms. The van der Waals surface area contributed by atoms with Gasteiger partial charge in [0.25, 0.3) is 0 Å². The molecule has 84 valence electrons. The summed E-state index contributed by atoms with van der Waals surface area (Å²) >= 11 is 1.94. The smallest absolute Gasteiger partial charge is 0.0403 e. The van der Waals surface area contributed by atoms with Crippen molar-refractivity contribution in [2.24, 2.45) is 5.92 Å². The lowest BCUT2D eigenvalue weighted by Crippen LogP contribution is -2.01. The molecule has 0 spiro atoms. The molecular formula is C13H21NS. The van der Waals surface area contributed by atoms with E-state index in [2.05, 4.69) is 24.9 Å². The van der Waals surface area contributed by atoms with Crippen molar-refractivity contribution in [1.82, 2.24) is 4.98 Å². The van der Waals surface area contributed by atoms with E-state index < -0.39 is 0 Å². The van der Waals surface area contributed by atoms with Crippen molar-refractivity contribution in [3.8, 4) is 0 Å². The maximum atomic E-state index is 4.13. The van der Waals surface area contributed by atoms with Crippen LogP contribution in [0.3, 0.4) is 0 Å². The van der Waals surface area contributed by atoms with Gasteiger partial charge < -0.3 is 0 Å². The lowest BCUT2D eigenvalue weighted by Gasteiger charge is -2.13. The molecule has 2 heteroatoms. The molecule has 1 aromatic rings. The monoisotopic (exact) mass is 223 g/mol. The fourth-order valence-corrected chi connectivity index (χ4v) is 2.69. The fourth-order valence-electron chi connectivity index (χ4n) is 1.54. The molecule has 0 aliphatic rings. The van der Waals surface area contributed by atoms with E-state index in [9.17, 15) is 0 Å². The molecule has 0 N–H and O–H groups in total. The van der Waals surface area contributed by atoms with Gasteiger partial charge in [0, 0.05) is 23.0 Å². The second kappa shape index (κ2) is 7.75. The van der Waals surface area contributed by atoms with Crippen LogP contribution < -0.4 is 0 Å². The van der Waals surface area contributed by atoms with E-state index >= 15 is 0 Å². The number of rotatable bonds is 7. The van der Waals surface area contributed by atoms with Crippen LogP contribution in [0.5, 0.6) is 0 Å². The third kappa shape index (κ3) is 5.22. The molecule has 1 atom stereocenters. The Labute approximate surface area is 97.7 Å². The van der Waals surface area contributed by atoms with Gasteiger partial charge in [-0.15, -0.1) is 11.8 Å². The molecule has 0 radical (unpaired) electrons. The minimum Gasteiger partial charge on any atom is -0.264 e. The van der Waals surface area contributed by atoms with Crippen molar-refractivity contribution in [2.45, 2.75) is 44.4 Å². The lowest BCUT2D eigenvalue weighted by molar-refractivity contribution is 0.499. The second-order valence-corrected chi connectivity index (χ2v) is 5.01. The Morgan fingerprint density at radius 3 is 2.87 bits per heavy atom. The molecule has 0 fully saturated rings. The third-order valence-corrected chi connectivity index (χ3v) is 3.88. The van der Waals surface area contributed by atoms with Crippen LogP contribution in [0.2, 0.25) is 0 Å². The first-order chi connectivity index (χ1) is 7.36. The predicted molar refractivity (Wildman–Crippen MR) is 68.3 cm³/mol. The summed E-state index contributed by atoms with van der Waals surface area (Å²) in [5, 5.41) is 0. The SMILES string of the molecule is CCCCC(CC)CSc1cccnc1. The van der Waals surface area contributed by atoms with Crippen LogP contribution in [0.1, 0.15) is 39.5 Å². The second-order valence-electron chi connectivity index (χ2n) is 3.92. The van der Waals surface area contributed by atoms with Crippen LogP contribution in [-0.4, -0.2) is 10.7 Å². The Bertz CT molecular complexity index is 248. The van der Waals surface area contributed by atoms with Crippen LogP contribution in [0.25, 0.3) is 0 Å². The Morgan fingerprint density at radius 2 is 2.27 bits per heavy atom. The minimum atomic E-state index is 0.871. The van der Waals surface area contributed by atoms with Gasteiger partial charge in [0.15, 0.2) is 0 Å². The van der Waals surface area contributed by atoms with Gasteiger partial charge in [-0.25, -0.2) is 0 Å². The summed E-state index contributed by atoms with van der Waals surface area (Å²) in [6.45, 7) is 4.56. The van der Waals surface area contributed by atoms with Gasteiger partial charge in [-0.05, 0) is 24.5 Å². The average molecular weight is 223 g/mol. The van der Waals surface area contributed by atoms with Gasteiger partial charge in [-0.1, -0.05) is 33.1 Å². The number of pyridine rings is 1. The molecule has 1 heterocycles. The van der Waals surface area contributed by atoms with Crippen molar-refractivity contribution in [1.29, 1.82) is 0 Å². The molecule has 0 aromatic carbocycles. The summed E-state index contributed by atoms with van der Waals surface area (Å²) in [6.07, 6.45) is 9.14. The quantitative estimate of drug-likeness (QED) is 0.636. The third-order valence-electron chi connectivity index (χ3n) is 2.66. The first kappa shape index (κ1) is 12.6. The first-order valence-electron chi connectivity index (χ1n) is 5.89. The summed E-state index contributed by atoms with van der Waals surface area (Å²) in [5.41, 5.74) is 0. The molecule has 0 aliphatic heterocycles. The highest BCUT2D eigenvalue weighted by atomic mass is 32.2. The summed E-state index contributed by atoms with van der Waals surface area (Å²) in [4.78, 5) is 5.43. The maximum absolute atomic E-state index is 4.13. The molecule has 1 aromatic heterocycles. The molecule has 0 saturated carbocycles. The van der Waals surface area contributed by atoms with Crippen molar-refractivity contribution in [3.05, 3.63) is 24.5 Å². The Hall–Kier alpha value is -0.500. The highest BCUT2D eigenvalue weighted by Gasteiger charge is 2.06. The van der Waals surface area contributed by atoms with E-state index in [1.165, 1.54) is 36.3 Å². The minimum absolute atomic E-state index is 0.871. The van der Waals surface area contributed by atoms with Crippen LogP contribution in [0.4, 0.5) is 0 Å². The topological polar surface area (TPSA) is 12.9 Å². The summed E-state index contributed by atoms with van der Waals surface area (Å²) in [5.74, 6) is 2.11. The van der Waals surface area contributed by atoms with Crippen LogP contribution >= 0.6 is 11.8 Å². The van der Waals surface area contributed by atoms with Gasteiger partial charge in [0.05, 0.1) is 0 Å². The van der Waals surface area contributed by atoms with E-state index in [4.69, 9.17) is 0 Å². The van der Waals surface area contributed by atoms with Gasteiger partial charge in [0.2, 0.25) is 0 Å². The number of hydrogen-bond acceptors (Lipinski definition) is 2. The number of aromatic nitrogens is 1. The normalized spacial score (nSPS) is 12.7. The highest BCUT2D eigenvalue weighted by molar-refractivity contribution is 7.99. The fraction of sp³-hybridized carbons (Fsp3) is 0.615. The summed E-state index contributed by atoms with van der Waals surface area (Å²) < 4.78 is 0. The van der Waals surface area contributed by atoms with E-state index in [0.717, 1.165) is 5.92 Å². The number of thioether (sulfide) groups is 1. The van der Waals surface area contributed by atoms with Crippen molar-refractivity contribution in [2.75, 3.05) is 5.75 Å². The van der Waals surface area contributed by atoms with Crippen LogP contribution in [0.15, 0.2) is 29.4 Å². The van der Waals surface area contributed by atoms with E-state index in [1.807, 2.05) is 30.2 Å². The highest BCUT2D eigenvalue weighted by Crippen LogP contribution is 2.23. The lowest BCUT2D eigenvalue weighted by atomic mass is 10.0. The maximum Gasteiger partial charge on any atom is 0.0403 e. The predicted octanol–water partition coefficient (Wildman–Crippen LogP) is 4.39. The molecule has 1 nitrogen and oxygen atoms in total. The molecule has 1 unspecified atom stereocenters. The molecule has 15 heavy (non-hydrogen) atoms. The zero-order valence-corrected chi connectivity index (χ0v) is 10.6. The largest absolute Gasteiger partial charge is 0.264 e. The van der Waals surface area contributed by atoms with Crippen molar-refractivity contribution >= 4 is 11.8 Å². The standard InChI is InChI=1S/C13H21NS/c1-3-5-7-12(4-2)11-15-13-8-6-9-14-10-13/h6,8-10,12H,3-5,7,11H2,1-2H3. The Morgan fingerprint density at radius 1 is 1.40 bits per heavy atom. The van der Waals surface area contributed by atoms with Gasteiger partial charge in [0.1, 0.15) is 0 Å². The molecule has 1 rings (SSSR count). The van der Waals surface area contributed by atoms with E-state index in [-0.39, 0.29) is 0 Å². The number of unbranched alkanes of at least 4 members (excludes halogenated alkanes) is 1. The molecule has 0 amide bonds. The van der Waals surface area contributed by atoms with Gasteiger partial charge in [-0.2, -0.15) is 0 Å². The Balaban J connectivity index is 2.28.